The number of amides is 1. The van der Waals surface area contributed by atoms with Crippen LogP contribution in [0.25, 0.3) is 0 Å². The van der Waals surface area contributed by atoms with Gasteiger partial charge in [-0.1, -0.05) is 19.8 Å². The van der Waals surface area contributed by atoms with Crippen LogP contribution in [0.1, 0.15) is 43.0 Å². The van der Waals surface area contributed by atoms with Crippen LogP contribution >= 0.6 is 0 Å². The number of rotatable bonds is 3. The van der Waals surface area contributed by atoms with E-state index in [1.807, 2.05) is 0 Å². The summed E-state index contributed by atoms with van der Waals surface area (Å²) in [6.07, 6.45) is 4.26. The molecule has 1 aromatic rings. The summed E-state index contributed by atoms with van der Waals surface area (Å²) in [5, 5.41) is 10.8. The third-order valence-electron chi connectivity index (χ3n) is 4.27. The first-order valence-corrected chi connectivity index (χ1v) is 7.13. The lowest BCUT2D eigenvalue weighted by Gasteiger charge is -2.36. The van der Waals surface area contributed by atoms with Crippen LogP contribution in [0.3, 0.4) is 0 Å². The van der Waals surface area contributed by atoms with Gasteiger partial charge in [-0.15, -0.1) is 0 Å². The van der Waals surface area contributed by atoms with Crippen LogP contribution in [0.15, 0.2) is 18.2 Å². The topological polar surface area (TPSA) is 63.5 Å². The fourth-order valence-corrected chi connectivity index (χ4v) is 3.01. The maximum absolute atomic E-state index is 13.3. The van der Waals surface area contributed by atoms with Gasteiger partial charge in [0.25, 0.3) is 5.91 Å². The van der Waals surface area contributed by atoms with E-state index in [9.17, 15) is 19.3 Å². The Morgan fingerprint density at radius 2 is 2.05 bits per heavy atom. The Balaban J connectivity index is 2.23. The number of nitro benzene ring substituents is 1. The van der Waals surface area contributed by atoms with Gasteiger partial charge < -0.3 is 4.90 Å². The minimum Gasteiger partial charge on any atom is -0.338 e. The summed E-state index contributed by atoms with van der Waals surface area (Å²) in [6, 6.07) is 3.43. The van der Waals surface area contributed by atoms with Crippen LogP contribution in [0.4, 0.5) is 10.1 Å². The fourth-order valence-electron chi connectivity index (χ4n) is 3.01. The standard InChI is InChI=1S/C15H19FN2O3/c1-10-5-3-4-6-13(10)17(2)15(19)11-7-8-12(16)14(9-11)18(20)21/h7-10,13H,3-6H2,1-2H3. The zero-order chi connectivity index (χ0) is 15.6. The zero-order valence-electron chi connectivity index (χ0n) is 12.2. The molecule has 0 radical (unpaired) electrons. The van der Waals surface area contributed by atoms with Gasteiger partial charge >= 0.3 is 5.69 Å². The van der Waals surface area contributed by atoms with Gasteiger partial charge in [-0.25, -0.2) is 0 Å². The normalized spacial score (nSPS) is 21.9. The Hall–Kier alpha value is -1.98. The highest BCUT2D eigenvalue weighted by Crippen LogP contribution is 2.29. The minimum atomic E-state index is -0.926. The summed E-state index contributed by atoms with van der Waals surface area (Å²) in [5.41, 5.74) is -0.505. The van der Waals surface area contributed by atoms with Gasteiger partial charge in [0, 0.05) is 24.7 Å². The molecule has 0 aliphatic heterocycles. The number of halogens is 1. The van der Waals surface area contributed by atoms with E-state index in [1.165, 1.54) is 12.5 Å². The summed E-state index contributed by atoms with van der Waals surface area (Å²) < 4.78 is 13.3. The lowest BCUT2D eigenvalue weighted by atomic mass is 9.85. The summed E-state index contributed by atoms with van der Waals surface area (Å²) in [6.45, 7) is 2.11. The van der Waals surface area contributed by atoms with E-state index >= 15 is 0 Å². The highest BCUT2D eigenvalue weighted by molar-refractivity contribution is 5.94. The lowest BCUT2D eigenvalue weighted by molar-refractivity contribution is -0.387. The second-order valence-corrected chi connectivity index (χ2v) is 5.67. The molecule has 0 bridgehead atoms. The molecule has 1 amide bonds. The van der Waals surface area contributed by atoms with E-state index in [0.717, 1.165) is 31.4 Å². The smallest absolute Gasteiger partial charge is 0.305 e. The molecule has 0 saturated heterocycles. The molecular weight excluding hydrogens is 275 g/mol. The van der Waals surface area contributed by atoms with Crippen LogP contribution in [0.2, 0.25) is 0 Å². The number of hydrogen-bond donors (Lipinski definition) is 0. The van der Waals surface area contributed by atoms with Gasteiger partial charge in [0.05, 0.1) is 4.92 Å². The van der Waals surface area contributed by atoms with E-state index in [1.54, 1.807) is 11.9 Å². The fraction of sp³-hybridized carbons (Fsp3) is 0.533. The number of carbonyl (C=O) groups is 1. The largest absolute Gasteiger partial charge is 0.338 e. The maximum Gasteiger partial charge on any atom is 0.305 e. The SMILES string of the molecule is CC1CCCCC1N(C)C(=O)c1ccc(F)c([N+](=O)[O-])c1. The molecule has 114 valence electrons. The van der Waals surface area contributed by atoms with E-state index in [-0.39, 0.29) is 17.5 Å². The van der Waals surface area contributed by atoms with Crippen molar-refractivity contribution in [2.75, 3.05) is 7.05 Å². The van der Waals surface area contributed by atoms with Gasteiger partial charge in [-0.05, 0) is 30.9 Å². The quantitative estimate of drug-likeness (QED) is 0.634. The van der Waals surface area contributed by atoms with Crippen molar-refractivity contribution in [3.63, 3.8) is 0 Å². The molecule has 6 heteroatoms. The first-order valence-electron chi connectivity index (χ1n) is 7.13. The molecule has 0 N–H and O–H groups in total. The van der Waals surface area contributed by atoms with E-state index in [0.29, 0.717) is 5.92 Å². The molecular formula is C15H19FN2O3. The molecule has 5 nitrogen and oxygen atoms in total. The molecule has 1 aliphatic rings. The zero-order valence-corrected chi connectivity index (χ0v) is 12.2. The van der Waals surface area contributed by atoms with Crippen molar-refractivity contribution in [2.45, 2.75) is 38.6 Å². The van der Waals surface area contributed by atoms with E-state index in [4.69, 9.17) is 0 Å². The molecule has 1 saturated carbocycles. The van der Waals surface area contributed by atoms with Crippen molar-refractivity contribution in [3.8, 4) is 0 Å². The molecule has 2 unspecified atom stereocenters. The van der Waals surface area contributed by atoms with E-state index in [2.05, 4.69) is 6.92 Å². The Bertz CT molecular complexity index is 562. The number of nitro groups is 1. The van der Waals surface area contributed by atoms with Crippen molar-refractivity contribution in [1.82, 2.24) is 4.90 Å². The van der Waals surface area contributed by atoms with Crippen LogP contribution in [-0.4, -0.2) is 28.8 Å². The molecule has 1 fully saturated rings. The molecule has 1 aromatic carbocycles. The highest BCUT2D eigenvalue weighted by atomic mass is 19.1. The molecule has 0 spiro atoms. The molecule has 2 rings (SSSR count). The van der Waals surface area contributed by atoms with Crippen molar-refractivity contribution < 1.29 is 14.1 Å². The van der Waals surface area contributed by atoms with Gasteiger partial charge in [-0.2, -0.15) is 4.39 Å². The second-order valence-electron chi connectivity index (χ2n) is 5.67. The van der Waals surface area contributed by atoms with Crippen molar-refractivity contribution in [2.24, 2.45) is 5.92 Å². The summed E-state index contributed by atoms with van der Waals surface area (Å²) >= 11 is 0. The molecule has 21 heavy (non-hydrogen) atoms. The number of nitrogens with zero attached hydrogens (tertiary/aromatic N) is 2. The van der Waals surface area contributed by atoms with Crippen LogP contribution in [0, 0.1) is 21.8 Å². The predicted molar refractivity (Wildman–Crippen MR) is 76.6 cm³/mol. The summed E-state index contributed by atoms with van der Waals surface area (Å²) in [5.74, 6) is -0.815. The third kappa shape index (κ3) is 3.20. The van der Waals surface area contributed by atoms with Crippen LogP contribution in [-0.2, 0) is 0 Å². The first-order chi connectivity index (χ1) is 9.91. The van der Waals surface area contributed by atoms with Gasteiger partial charge in [-0.3, -0.25) is 14.9 Å². The second kappa shape index (κ2) is 6.20. The summed E-state index contributed by atoms with van der Waals surface area (Å²) in [4.78, 5) is 24.0. The third-order valence-corrected chi connectivity index (χ3v) is 4.27. The average Bonchev–Trinajstić information content (AvgIpc) is 2.46. The Labute approximate surface area is 122 Å². The van der Waals surface area contributed by atoms with Crippen molar-refractivity contribution >= 4 is 11.6 Å². The minimum absolute atomic E-state index is 0.135. The first kappa shape index (κ1) is 15.4. The van der Waals surface area contributed by atoms with E-state index < -0.39 is 16.4 Å². The molecule has 0 heterocycles. The number of benzene rings is 1. The Morgan fingerprint density at radius 3 is 2.67 bits per heavy atom. The molecule has 0 aromatic heterocycles. The van der Waals surface area contributed by atoms with Crippen LogP contribution < -0.4 is 0 Å². The van der Waals surface area contributed by atoms with Crippen molar-refractivity contribution in [3.05, 3.63) is 39.7 Å². The number of carbonyl (C=O) groups excluding carboxylic acids is 1. The Morgan fingerprint density at radius 1 is 1.38 bits per heavy atom. The van der Waals surface area contributed by atoms with Crippen molar-refractivity contribution in [1.29, 1.82) is 0 Å². The summed E-state index contributed by atoms with van der Waals surface area (Å²) in [7, 11) is 1.71. The van der Waals surface area contributed by atoms with Gasteiger partial charge in [0.2, 0.25) is 5.82 Å². The molecule has 2 atom stereocenters. The predicted octanol–water partition coefficient (Wildman–Crippen LogP) is 3.38. The highest BCUT2D eigenvalue weighted by Gasteiger charge is 2.29. The lowest BCUT2D eigenvalue weighted by Crippen LogP contribution is -2.42. The van der Waals surface area contributed by atoms with Crippen LogP contribution in [0.5, 0.6) is 0 Å². The molecule has 1 aliphatic carbocycles. The van der Waals surface area contributed by atoms with Gasteiger partial charge in [0.15, 0.2) is 0 Å². The monoisotopic (exact) mass is 294 g/mol. The number of hydrogen-bond acceptors (Lipinski definition) is 3. The maximum atomic E-state index is 13.3. The Kier molecular flexibility index (Phi) is 4.55. The average molecular weight is 294 g/mol. The van der Waals surface area contributed by atoms with Gasteiger partial charge in [0.1, 0.15) is 0 Å².